The lowest BCUT2D eigenvalue weighted by molar-refractivity contribution is 0.482. The van der Waals surface area contributed by atoms with Crippen molar-refractivity contribution in [2.24, 2.45) is 0 Å². The molecule has 0 amide bonds. The number of benzene rings is 19. The van der Waals surface area contributed by atoms with Gasteiger partial charge in [0, 0.05) is 0 Å². The molecule has 0 bridgehead atoms. The molecule has 0 radical (unpaired) electrons. The van der Waals surface area contributed by atoms with E-state index < -0.39 is 0 Å². The van der Waals surface area contributed by atoms with Gasteiger partial charge in [0.25, 0.3) is 0 Å². The zero-order valence-electron chi connectivity index (χ0n) is 72.0. The van der Waals surface area contributed by atoms with Crippen LogP contribution in [0.2, 0.25) is 0 Å². The molecule has 0 atom stereocenters. The number of hydrogen-bond acceptors (Lipinski definition) is 1. The first-order chi connectivity index (χ1) is 56.3. The van der Waals surface area contributed by atoms with Crippen molar-refractivity contribution >= 4 is 86.2 Å². The maximum Gasteiger partial charge on any atom is 0.127 e. The monoisotopic (exact) mass is 1520 g/mol. The molecule has 0 saturated carbocycles. The van der Waals surface area contributed by atoms with E-state index in [-0.39, 0.29) is 0 Å². The number of ether oxygens (including phenoxy) is 1. The molecular weight excluding hydrogens is 1410 g/mol. The Labute approximate surface area is 697 Å². The summed E-state index contributed by atoms with van der Waals surface area (Å²) in [6.07, 6.45) is 0. The van der Waals surface area contributed by atoms with Crippen molar-refractivity contribution in [1.82, 2.24) is 0 Å². The van der Waals surface area contributed by atoms with Crippen LogP contribution in [0.25, 0.3) is 97.3 Å². The van der Waals surface area contributed by atoms with E-state index >= 15 is 0 Å². The Hall–Kier alpha value is -12.9. The lowest BCUT2D eigenvalue weighted by atomic mass is 9.98. The minimum absolute atomic E-state index is 0.879. The van der Waals surface area contributed by atoms with E-state index in [9.17, 15) is 0 Å². The second-order valence-corrected chi connectivity index (χ2v) is 32.0. The van der Waals surface area contributed by atoms with Crippen LogP contribution in [-0.2, 0) is 0 Å². The van der Waals surface area contributed by atoms with E-state index in [1.54, 1.807) is 0 Å². The molecule has 0 spiro atoms. The van der Waals surface area contributed by atoms with Gasteiger partial charge in [0.2, 0.25) is 0 Å². The van der Waals surface area contributed by atoms with Crippen LogP contribution in [-0.4, -0.2) is 0 Å². The average molecular weight is 1520 g/mol. The van der Waals surface area contributed by atoms with Gasteiger partial charge in [-0.1, -0.05) is 392 Å². The Morgan fingerprint density at radius 1 is 0.128 bits per heavy atom. The summed E-state index contributed by atoms with van der Waals surface area (Å²) in [4.78, 5) is 0. The van der Waals surface area contributed by atoms with Gasteiger partial charge < -0.3 is 4.74 Å². The third-order valence-electron chi connectivity index (χ3n) is 20.9. The fourth-order valence-corrected chi connectivity index (χ4v) is 14.1. The van der Waals surface area contributed by atoms with Gasteiger partial charge in [-0.2, -0.15) is 0 Å². The van der Waals surface area contributed by atoms with Gasteiger partial charge in [-0.25, -0.2) is 0 Å². The van der Waals surface area contributed by atoms with Gasteiger partial charge in [-0.3, -0.25) is 0 Å². The molecule has 584 valence electrons. The lowest BCUT2D eigenvalue weighted by Gasteiger charge is -2.06. The van der Waals surface area contributed by atoms with Gasteiger partial charge in [-0.05, 0) is 294 Å². The summed E-state index contributed by atoms with van der Waals surface area (Å²) in [6, 6.07) is 130. The van der Waals surface area contributed by atoms with E-state index in [0.717, 1.165) is 11.5 Å². The molecule has 0 heterocycles. The normalized spacial score (nSPS) is 10.5. The van der Waals surface area contributed by atoms with Crippen molar-refractivity contribution < 1.29 is 4.74 Å². The summed E-state index contributed by atoms with van der Waals surface area (Å²) in [5.41, 5.74) is 26.3. The standard InChI is InChI=1S/3C16H14.C14H14O.C14H14.2C12H12.2C8H10/c1-11-3-5-13-10-16-8-12(2)4-6-14(16)9-15(13)7-11;1-11-3-5-13-9-14-6-4-12(2)8-16(14)10-15(13)7-11;1-11-5-3-7-13-9-14-8-4-6-12(2)16(14)10-15(11)13;1-11-3-7-13(8-4-11)15-14-9-5-12(2)6-10-14;1-11-3-7-13(8-4-11)14-9-5-12(2)6-10-14;1-9-3-5-12-8-10(2)4-6-11(12)7-9;1-9-3-5-11-6-4-10(2)8-12(11)7-9;1-7-3-5-8(2)6-4-7;1-7-4-3-5-8(2)6-7/h3*3-10H,1-2H3;3-10H,1-2H3;3-10H,1-2H3;2*3-8H,1-2H3;2*3-6H,1-2H3. The first-order valence-electron chi connectivity index (χ1n) is 40.9. The lowest BCUT2D eigenvalue weighted by Crippen LogP contribution is -1.84. The van der Waals surface area contributed by atoms with Crippen LogP contribution in [0.4, 0.5) is 0 Å². The topological polar surface area (TPSA) is 9.23 Å². The predicted octanol–water partition coefficient (Wildman–Crippen LogP) is 33.4. The molecule has 0 N–H and O–H groups in total. The fourth-order valence-electron chi connectivity index (χ4n) is 14.1. The molecule has 117 heavy (non-hydrogen) atoms. The molecule has 0 fully saturated rings. The third-order valence-corrected chi connectivity index (χ3v) is 20.9. The van der Waals surface area contributed by atoms with E-state index in [2.05, 4.69) is 440 Å². The quantitative estimate of drug-likeness (QED) is 0.160. The Kier molecular flexibility index (Phi) is 29.7. The van der Waals surface area contributed by atoms with Crippen LogP contribution >= 0.6 is 0 Å². The molecule has 0 unspecified atom stereocenters. The third kappa shape index (κ3) is 25.5. The van der Waals surface area contributed by atoms with Crippen LogP contribution in [0.5, 0.6) is 11.5 Å². The van der Waals surface area contributed by atoms with E-state index in [0.29, 0.717) is 0 Å². The molecule has 1 nitrogen and oxygen atoms in total. The summed E-state index contributed by atoms with van der Waals surface area (Å²) in [5.74, 6) is 1.76. The highest BCUT2D eigenvalue weighted by molar-refractivity contribution is 6.02. The van der Waals surface area contributed by atoms with Gasteiger partial charge >= 0.3 is 0 Å². The van der Waals surface area contributed by atoms with Crippen LogP contribution < -0.4 is 4.74 Å². The summed E-state index contributed by atoms with van der Waals surface area (Å²) < 4.78 is 5.69. The van der Waals surface area contributed by atoms with Crippen LogP contribution in [0.1, 0.15) is 100 Å². The highest BCUT2D eigenvalue weighted by Crippen LogP contribution is 2.31. The van der Waals surface area contributed by atoms with E-state index in [4.69, 9.17) is 4.74 Å². The summed E-state index contributed by atoms with van der Waals surface area (Å²) >= 11 is 0. The van der Waals surface area contributed by atoms with Gasteiger partial charge in [0.15, 0.2) is 0 Å². The zero-order valence-corrected chi connectivity index (χ0v) is 72.0. The first kappa shape index (κ1) is 85.0. The molecule has 0 aliphatic heterocycles. The number of hydrogen-bond donors (Lipinski definition) is 0. The van der Waals surface area contributed by atoms with E-state index in [1.807, 2.05) is 48.5 Å². The fraction of sp³-hybridized carbons (Fsp3) is 0.155. The van der Waals surface area contributed by atoms with Crippen molar-refractivity contribution in [2.75, 3.05) is 0 Å². The summed E-state index contributed by atoms with van der Waals surface area (Å²) in [6.45, 7) is 38.2. The van der Waals surface area contributed by atoms with Crippen LogP contribution in [0.15, 0.2) is 364 Å². The van der Waals surface area contributed by atoms with Crippen molar-refractivity contribution in [1.29, 1.82) is 0 Å². The molecule has 0 aromatic heterocycles. The van der Waals surface area contributed by atoms with Gasteiger partial charge in [0.1, 0.15) is 11.5 Å². The number of aryl methyl sites for hydroxylation is 18. The zero-order chi connectivity index (χ0) is 83.1. The average Bonchev–Trinajstić information content (AvgIpc) is 0.789. The predicted molar refractivity (Wildman–Crippen MR) is 515 cm³/mol. The summed E-state index contributed by atoms with van der Waals surface area (Å²) in [7, 11) is 0. The molecule has 1 heteroatoms. The number of fused-ring (bicyclic) bond motifs is 8. The van der Waals surface area contributed by atoms with Crippen LogP contribution in [0, 0.1) is 125 Å². The molecule has 0 aliphatic rings. The van der Waals surface area contributed by atoms with Crippen molar-refractivity contribution in [2.45, 2.75) is 125 Å². The largest absolute Gasteiger partial charge is 0.457 e. The smallest absolute Gasteiger partial charge is 0.127 e. The Bertz CT molecular complexity index is 6110. The Balaban J connectivity index is 0.000000130. The number of rotatable bonds is 3. The second kappa shape index (κ2) is 40.9. The SMILES string of the molecule is Cc1ccc(-c2ccc(C)cc2)cc1.Cc1ccc(C)cc1.Cc1ccc(Oc2ccc(C)cc2)cc1.Cc1ccc2cc(C)ccc2c1.Cc1ccc2cc3cc(C)ccc3cc2c1.Cc1ccc2cc3ccc(C)cc3cc2c1.Cc1ccc2ccc(C)cc2c1.Cc1cccc(C)c1.Cc1cccc2cc3cccc(C)c3cc12. The molecule has 19 aromatic carbocycles. The molecule has 19 aromatic rings. The summed E-state index contributed by atoms with van der Waals surface area (Å²) in [5, 5.41) is 21.3. The molecular formula is C116H114O. The first-order valence-corrected chi connectivity index (χ1v) is 40.9. The second-order valence-electron chi connectivity index (χ2n) is 32.0. The maximum absolute atomic E-state index is 5.69. The van der Waals surface area contributed by atoms with Crippen LogP contribution in [0.3, 0.4) is 0 Å². The minimum Gasteiger partial charge on any atom is -0.457 e. The molecule has 19 rings (SSSR count). The molecule has 0 aliphatic carbocycles. The van der Waals surface area contributed by atoms with Crippen molar-refractivity contribution in [3.63, 3.8) is 0 Å². The minimum atomic E-state index is 0.879. The highest BCUT2D eigenvalue weighted by atomic mass is 16.5. The van der Waals surface area contributed by atoms with Crippen molar-refractivity contribution in [3.8, 4) is 22.6 Å². The van der Waals surface area contributed by atoms with Crippen molar-refractivity contribution in [3.05, 3.63) is 464 Å². The molecule has 0 saturated heterocycles. The van der Waals surface area contributed by atoms with Gasteiger partial charge in [0.05, 0.1) is 0 Å². The highest BCUT2D eigenvalue weighted by Gasteiger charge is 2.06. The Morgan fingerprint density at radius 3 is 0.607 bits per heavy atom. The van der Waals surface area contributed by atoms with Gasteiger partial charge in [-0.15, -0.1) is 0 Å². The maximum atomic E-state index is 5.69. The Morgan fingerprint density at radius 2 is 0.325 bits per heavy atom. The van der Waals surface area contributed by atoms with E-state index in [1.165, 1.54) is 197 Å².